The molecule has 0 saturated carbocycles. The second-order valence-electron chi connectivity index (χ2n) is 3.83. The van der Waals surface area contributed by atoms with E-state index in [1.54, 1.807) is 13.8 Å². The maximum Gasteiger partial charge on any atom is 0.336 e. The number of rotatable bonds is 5. The third kappa shape index (κ3) is 3.71. The molecule has 0 aromatic heterocycles. The van der Waals surface area contributed by atoms with Crippen LogP contribution in [0.4, 0.5) is 11.4 Å². The lowest BCUT2D eigenvalue weighted by atomic mass is 10.1. The number of benzene rings is 1. The molecule has 2 N–H and O–H groups in total. The van der Waals surface area contributed by atoms with Crippen LogP contribution in [0.15, 0.2) is 12.1 Å². The Morgan fingerprint density at radius 1 is 1.53 bits per heavy atom. The highest BCUT2D eigenvalue weighted by molar-refractivity contribution is 5.90. The molecule has 6 heteroatoms. The molecule has 6 nitrogen and oxygen atoms in total. The molecule has 1 aromatic rings. The van der Waals surface area contributed by atoms with Gasteiger partial charge in [-0.15, -0.1) is 11.8 Å². The summed E-state index contributed by atoms with van der Waals surface area (Å²) in [6, 6.07) is 2.46. The van der Waals surface area contributed by atoms with Gasteiger partial charge in [0.25, 0.3) is 5.69 Å². The van der Waals surface area contributed by atoms with Gasteiger partial charge in [-0.2, -0.15) is 0 Å². The molecule has 0 fully saturated rings. The number of nitro benzene ring substituents is 1. The standard InChI is InChI=1S/C13H14N2O4/c1-3-4-5-6-14-11-7-10(13(16)17)8-12(9(11)2)15(18)19/h7-8,14H,5-6H2,1-2H3,(H,16,17). The second-order valence-corrected chi connectivity index (χ2v) is 3.83. The van der Waals surface area contributed by atoms with Crippen LogP contribution in [0, 0.1) is 28.9 Å². The van der Waals surface area contributed by atoms with Gasteiger partial charge in [0.1, 0.15) is 0 Å². The Balaban J connectivity index is 3.09. The highest BCUT2D eigenvalue weighted by Crippen LogP contribution is 2.27. The lowest BCUT2D eigenvalue weighted by Crippen LogP contribution is -2.07. The van der Waals surface area contributed by atoms with Gasteiger partial charge in [-0.25, -0.2) is 4.79 Å². The zero-order chi connectivity index (χ0) is 14.4. The maximum absolute atomic E-state index is 10.9. The molecule has 0 atom stereocenters. The van der Waals surface area contributed by atoms with Crippen molar-refractivity contribution < 1.29 is 14.8 Å². The van der Waals surface area contributed by atoms with Crippen LogP contribution in [0.25, 0.3) is 0 Å². The molecule has 0 saturated heterocycles. The lowest BCUT2D eigenvalue weighted by molar-refractivity contribution is -0.385. The molecule has 1 aromatic carbocycles. The van der Waals surface area contributed by atoms with E-state index < -0.39 is 10.9 Å². The van der Waals surface area contributed by atoms with Gasteiger partial charge < -0.3 is 10.4 Å². The Kier molecular flexibility index (Phi) is 4.89. The summed E-state index contributed by atoms with van der Waals surface area (Å²) in [5, 5.41) is 22.8. The summed E-state index contributed by atoms with van der Waals surface area (Å²) in [5.74, 6) is 4.39. The van der Waals surface area contributed by atoms with Crippen molar-refractivity contribution in [2.24, 2.45) is 0 Å². The van der Waals surface area contributed by atoms with Gasteiger partial charge in [0.05, 0.1) is 10.5 Å². The van der Waals surface area contributed by atoms with Crippen molar-refractivity contribution in [3.63, 3.8) is 0 Å². The zero-order valence-electron chi connectivity index (χ0n) is 10.7. The first-order chi connectivity index (χ1) is 8.97. The quantitative estimate of drug-likeness (QED) is 0.368. The van der Waals surface area contributed by atoms with Crippen LogP contribution in [-0.2, 0) is 0 Å². The highest BCUT2D eigenvalue weighted by atomic mass is 16.6. The molecule has 0 aliphatic rings. The molecule has 0 bridgehead atoms. The summed E-state index contributed by atoms with van der Waals surface area (Å²) in [7, 11) is 0. The molecule has 19 heavy (non-hydrogen) atoms. The number of carbonyl (C=O) groups is 1. The number of hydrogen-bond acceptors (Lipinski definition) is 4. The predicted octanol–water partition coefficient (Wildman–Crippen LogP) is 2.43. The first-order valence-corrected chi connectivity index (χ1v) is 5.63. The summed E-state index contributed by atoms with van der Waals surface area (Å²) < 4.78 is 0. The number of carboxylic acid groups (broad SMARTS) is 1. The van der Waals surface area contributed by atoms with Crippen molar-refractivity contribution in [1.82, 2.24) is 0 Å². The summed E-state index contributed by atoms with van der Waals surface area (Å²) in [4.78, 5) is 21.2. The average Bonchev–Trinajstić information content (AvgIpc) is 2.35. The zero-order valence-corrected chi connectivity index (χ0v) is 10.7. The summed E-state index contributed by atoms with van der Waals surface area (Å²) in [6.07, 6.45) is 0.584. The van der Waals surface area contributed by atoms with E-state index in [4.69, 9.17) is 5.11 Å². The Morgan fingerprint density at radius 3 is 2.74 bits per heavy atom. The van der Waals surface area contributed by atoms with E-state index >= 15 is 0 Å². The van der Waals surface area contributed by atoms with E-state index in [2.05, 4.69) is 17.2 Å². The summed E-state index contributed by atoms with van der Waals surface area (Å²) in [6.45, 7) is 3.81. The maximum atomic E-state index is 10.9. The van der Waals surface area contributed by atoms with Gasteiger partial charge in [-0.05, 0) is 19.9 Å². The second kappa shape index (κ2) is 6.40. The number of nitro groups is 1. The fourth-order valence-corrected chi connectivity index (χ4v) is 1.58. The van der Waals surface area contributed by atoms with Crippen molar-refractivity contribution in [3.8, 4) is 11.8 Å². The van der Waals surface area contributed by atoms with E-state index in [9.17, 15) is 14.9 Å². The van der Waals surface area contributed by atoms with E-state index in [1.807, 2.05) is 0 Å². The van der Waals surface area contributed by atoms with Gasteiger partial charge in [0.2, 0.25) is 0 Å². The van der Waals surface area contributed by atoms with E-state index in [0.29, 0.717) is 24.2 Å². The minimum absolute atomic E-state index is 0.110. The fourth-order valence-electron chi connectivity index (χ4n) is 1.58. The van der Waals surface area contributed by atoms with Crippen molar-refractivity contribution in [3.05, 3.63) is 33.4 Å². The Labute approximate surface area is 110 Å². The molecule has 0 aliphatic carbocycles. The number of anilines is 1. The van der Waals surface area contributed by atoms with E-state index in [-0.39, 0.29) is 11.3 Å². The molecule has 0 spiro atoms. The highest BCUT2D eigenvalue weighted by Gasteiger charge is 2.18. The van der Waals surface area contributed by atoms with Crippen LogP contribution in [0.2, 0.25) is 0 Å². The van der Waals surface area contributed by atoms with Crippen LogP contribution < -0.4 is 5.32 Å². The van der Waals surface area contributed by atoms with Crippen LogP contribution in [0.1, 0.15) is 29.3 Å². The minimum atomic E-state index is -1.19. The molecule has 0 heterocycles. The van der Waals surface area contributed by atoms with Gasteiger partial charge in [0.15, 0.2) is 0 Å². The van der Waals surface area contributed by atoms with E-state index in [0.717, 1.165) is 6.07 Å². The normalized spacial score (nSPS) is 9.37. The number of carboxylic acids is 1. The third-order valence-corrected chi connectivity index (χ3v) is 2.57. The van der Waals surface area contributed by atoms with Gasteiger partial charge >= 0.3 is 5.97 Å². The molecule has 0 radical (unpaired) electrons. The topological polar surface area (TPSA) is 92.5 Å². The lowest BCUT2D eigenvalue weighted by Gasteiger charge is -2.09. The molecule has 0 amide bonds. The first kappa shape index (κ1) is 14.5. The Morgan fingerprint density at radius 2 is 2.21 bits per heavy atom. The Hall–Kier alpha value is -2.55. The average molecular weight is 262 g/mol. The van der Waals surface area contributed by atoms with Crippen LogP contribution in [-0.4, -0.2) is 22.5 Å². The van der Waals surface area contributed by atoms with Crippen molar-refractivity contribution >= 4 is 17.3 Å². The van der Waals surface area contributed by atoms with Crippen molar-refractivity contribution in [1.29, 1.82) is 0 Å². The molecule has 0 aliphatic heterocycles. The molecular formula is C13H14N2O4. The minimum Gasteiger partial charge on any atom is -0.478 e. The number of aromatic carboxylic acids is 1. The number of nitrogens with zero attached hydrogens (tertiary/aromatic N) is 1. The first-order valence-electron chi connectivity index (χ1n) is 5.63. The van der Waals surface area contributed by atoms with Crippen LogP contribution in [0.5, 0.6) is 0 Å². The van der Waals surface area contributed by atoms with Crippen molar-refractivity contribution in [2.45, 2.75) is 20.3 Å². The van der Waals surface area contributed by atoms with Gasteiger partial charge in [-0.3, -0.25) is 10.1 Å². The number of hydrogen-bond donors (Lipinski definition) is 2. The smallest absolute Gasteiger partial charge is 0.336 e. The predicted molar refractivity (Wildman–Crippen MR) is 71.3 cm³/mol. The summed E-state index contributed by atoms with van der Waals surface area (Å²) >= 11 is 0. The summed E-state index contributed by atoms with van der Waals surface area (Å²) in [5.41, 5.74) is 0.550. The third-order valence-electron chi connectivity index (χ3n) is 2.57. The Bertz CT molecular complexity index is 570. The monoisotopic (exact) mass is 262 g/mol. The van der Waals surface area contributed by atoms with Crippen LogP contribution in [0.3, 0.4) is 0 Å². The molecule has 1 rings (SSSR count). The SMILES string of the molecule is CC#CCCNc1cc(C(=O)O)cc([N+](=O)[O-])c1C. The van der Waals surface area contributed by atoms with Crippen LogP contribution >= 0.6 is 0 Å². The van der Waals surface area contributed by atoms with Crippen molar-refractivity contribution in [2.75, 3.05) is 11.9 Å². The van der Waals surface area contributed by atoms with Gasteiger partial charge in [0, 0.05) is 30.3 Å². The number of nitrogens with one attached hydrogen (secondary N) is 1. The van der Waals surface area contributed by atoms with E-state index in [1.165, 1.54) is 6.07 Å². The van der Waals surface area contributed by atoms with Gasteiger partial charge in [-0.1, -0.05) is 0 Å². The molecule has 100 valence electrons. The molecular weight excluding hydrogens is 248 g/mol. The molecule has 0 unspecified atom stereocenters. The fraction of sp³-hybridized carbons (Fsp3) is 0.308. The largest absolute Gasteiger partial charge is 0.478 e.